The maximum Gasteiger partial charge on any atom is 0.191 e. The third-order valence-electron chi connectivity index (χ3n) is 3.46. The highest BCUT2D eigenvalue weighted by atomic mass is 32.1. The van der Waals surface area contributed by atoms with Crippen molar-refractivity contribution in [1.82, 2.24) is 20.4 Å². The molecule has 136 valence electrons. The predicted octanol–water partition coefficient (Wildman–Crippen LogP) is 3.45. The molecule has 0 spiro atoms. The van der Waals surface area contributed by atoms with Crippen LogP contribution in [0.25, 0.3) is 6.08 Å². The maximum absolute atomic E-state index is 13.5. The minimum atomic E-state index is -0.385. The number of rotatable bonds is 6. The molecule has 1 aromatic heterocycles. The van der Waals surface area contributed by atoms with Crippen LogP contribution in [0.5, 0.6) is 0 Å². The van der Waals surface area contributed by atoms with Gasteiger partial charge in [-0.2, -0.15) is 5.10 Å². The van der Waals surface area contributed by atoms with Crippen LogP contribution < -0.4 is 10.7 Å². The van der Waals surface area contributed by atoms with E-state index in [-0.39, 0.29) is 16.6 Å². The molecule has 0 saturated carbocycles. The zero-order valence-electron chi connectivity index (χ0n) is 14.3. The fourth-order valence-electron chi connectivity index (χ4n) is 2.23. The van der Waals surface area contributed by atoms with Crippen molar-refractivity contribution >= 4 is 35.3 Å². The van der Waals surface area contributed by atoms with Gasteiger partial charge < -0.3 is 5.32 Å². The van der Waals surface area contributed by atoms with Gasteiger partial charge in [0, 0.05) is 6.21 Å². The van der Waals surface area contributed by atoms with E-state index in [1.54, 1.807) is 35.0 Å². The van der Waals surface area contributed by atoms with Gasteiger partial charge in [-0.25, -0.2) is 9.07 Å². The number of nitrogens with one attached hydrogen (secondary N) is 2. The highest BCUT2D eigenvalue weighted by Gasteiger charge is 2.01. The molecule has 0 bridgehead atoms. The molecule has 0 aliphatic carbocycles. The molecular formula is C19H17FN6S. The predicted molar refractivity (Wildman–Crippen MR) is 109 cm³/mol. The van der Waals surface area contributed by atoms with E-state index >= 15 is 0 Å². The smallest absolute Gasteiger partial charge is 0.191 e. The average molecular weight is 380 g/mol. The molecule has 0 radical (unpaired) electrons. The van der Waals surface area contributed by atoms with Crippen LogP contribution in [-0.2, 0) is 6.54 Å². The normalized spacial score (nSPS) is 11.1. The van der Waals surface area contributed by atoms with E-state index < -0.39 is 0 Å². The van der Waals surface area contributed by atoms with Gasteiger partial charge >= 0.3 is 0 Å². The number of hydrogen-bond acceptors (Lipinski definition) is 4. The second-order valence-electron chi connectivity index (χ2n) is 5.51. The summed E-state index contributed by atoms with van der Waals surface area (Å²) in [5, 5.41) is 15.0. The number of anilines is 1. The van der Waals surface area contributed by atoms with Crippen molar-refractivity contribution in [2.45, 2.75) is 6.54 Å². The first kappa shape index (κ1) is 18.4. The van der Waals surface area contributed by atoms with Gasteiger partial charge in [0.05, 0.1) is 18.4 Å². The SMILES string of the molecule is Fc1ccccc1NC(=S)N/N=C\C=C\c1cn(Cc2ccccc2)nn1. The lowest BCUT2D eigenvalue weighted by Crippen LogP contribution is -2.24. The van der Waals surface area contributed by atoms with Crippen molar-refractivity contribution in [2.75, 3.05) is 5.32 Å². The molecule has 0 aliphatic heterocycles. The van der Waals surface area contributed by atoms with E-state index in [2.05, 4.69) is 26.2 Å². The van der Waals surface area contributed by atoms with Crippen LogP contribution in [-0.4, -0.2) is 26.3 Å². The van der Waals surface area contributed by atoms with Crippen LogP contribution in [0.1, 0.15) is 11.3 Å². The summed E-state index contributed by atoms with van der Waals surface area (Å²) in [6.07, 6.45) is 6.84. The second-order valence-corrected chi connectivity index (χ2v) is 5.92. The topological polar surface area (TPSA) is 67.1 Å². The minimum Gasteiger partial charge on any atom is -0.329 e. The molecule has 0 unspecified atom stereocenters. The molecule has 6 nitrogen and oxygen atoms in total. The van der Waals surface area contributed by atoms with Gasteiger partial charge in [-0.15, -0.1) is 5.10 Å². The van der Waals surface area contributed by atoms with Crippen molar-refractivity contribution in [3.8, 4) is 0 Å². The Hall–Kier alpha value is -3.39. The summed E-state index contributed by atoms with van der Waals surface area (Å²) in [7, 11) is 0. The lowest BCUT2D eigenvalue weighted by Gasteiger charge is -2.06. The quantitative estimate of drug-likeness (QED) is 0.390. The van der Waals surface area contributed by atoms with Gasteiger partial charge in [-0.1, -0.05) is 47.7 Å². The van der Waals surface area contributed by atoms with E-state index in [0.717, 1.165) is 5.56 Å². The summed E-state index contributed by atoms with van der Waals surface area (Å²) in [6.45, 7) is 0.660. The summed E-state index contributed by atoms with van der Waals surface area (Å²) in [5.41, 5.74) is 4.77. The van der Waals surface area contributed by atoms with Crippen LogP contribution in [0.4, 0.5) is 10.1 Å². The van der Waals surface area contributed by atoms with E-state index in [4.69, 9.17) is 12.2 Å². The summed E-state index contributed by atoms with van der Waals surface area (Å²) in [5.74, 6) is -0.385. The van der Waals surface area contributed by atoms with Gasteiger partial charge in [0.2, 0.25) is 0 Å². The Morgan fingerprint density at radius 1 is 1.15 bits per heavy atom. The zero-order chi connectivity index (χ0) is 18.9. The van der Waals surface area contributed by atoms with E-state index in [0.29, 0.717) is 12.2 Å². The molecule has 0 saturated heterocycles. The van der Waals surface area contributed by atoms with Crippen LogP contribution in [0.2, 0.25) is 0 Å². The monoisotopic (exact) mass is 380 g/mol. The minimum absolute atomic E-state index is 0.193. The highest BCUT2D eigenvalue weighted by Crippen LogP contribution is 2.11. The van der Waals surface area contributed by atoms with Crippen molar-refractivity contribution < 1.29 is 4.39 Å². The van der Waals surface area contributed by atoms with Crippen molar-refractivity contribution in [3.63, 3.8) is 0 Å². The summed E-state index contributed by atoms with van der Waals surface area (Å²) in [4.78, 5) is 0. The zero-order valence-corrected chi connectivity index (χ0v) is 15.1. The summed E-state index contributed by atoms with van der Waals surface area (Å²) < 4.78 is 15.3. The fourth-order valence-corrected chi connectivity index (χ4v) is 2.39. The number of nitrogens with zero attached hydrogens (tertiary/aromatic N) is 4. The van der Waals surface area contributed by atoms with Gasteiger partial charge in [0.15, 0.2) is 5.11 Å². The first-order valence-electron chi connectivity index (χ1n) is 8.16. The fraction of sp³-hybridized carbons (Fsp3) is 0.0526. The molecule has 0 amide bonds. The number of aromatic nitrogens is 3. The molecule has 1 heterocycles. The molecule has 3 rings (SSSR count). The summed E-state index contributed by atoms with van der Waals surface area (Å²) >= 11 is 5.05. The molecule has 8 heteroatoms. The van der Waals surface area contributed by atoms with Crippen molar-refractivity contribution in [2.24, 2.45) is 5.10 Å². The van der Waals surface area contributed by atoms with Gasteiger partial charge in [0.25, 0.3) is 0 Å². The van der Waals surface area contributed by atoms with Crippen molar-refractivity contribution in [3.05, 3.63) is 83.9 Å². The van der Waals surface area contributed by atoms with E-state index in [9.17, 15) is 4.39 Å². The highest BCUT2D eigenvalue weighted by molar-refractivity contribution is 7.80. The standard InChI is InChI=1S/C19H17FN6S/c20-17-10-4-5-11-18(17)22-19(27)24-21-12-6-9-16-14-26(25-23-16)13-15-7-2-1-3-8-15/h1-12,14H,13H2,(H2,22,24,27)/b9-6+,21-12-. The number of allylic oxidation sites excluding steroid dienone is 1. The Morgan fingerprint density at radius 3 is 2.74 bits per heavy atom. The number of thiocarbonyl (C=S) groups is 1. The van der Waals surface area contributed by atoms with Crippen LogP contribution >= 0.6 is 12.2 Å². The number of halogens is 1. The number of hydrazone groups is 1. The lowest BCUT2D eigenvalue weighted by atomic mass is 10.2. The molecule has 3 aromatic rings. The Morgan fingerprint density at radius 2 is 1.93 bits per heavy atom. The number of benzene rings is 2. The van der Waals surface area contributed by atoms with Gasteiger partial charge in [-0.3, -0.25) is 5.43 Å². The van der Waals surface area contributed by atoms with Crippen LogP contribution in [0.15, 0.2) is 72.0 Å². The van der Waals surface area contributed by atoms with Gasteiger partial charge in [-0.05, 0) is 42.1 Å². The molecule has 2 N–H and O–H groups in total. The van der Waals surface area contributed by atoms with E-state index in [1.165, 1.54) is 12.3 Å². The molecular weight excluding hydrogens is 363 g/mol. The first-order valence-corrected chi connectivity index (χ1v) is 8.57. The number of hydrogen-bond donors (Lipinski definition) is 2. The molecule has 0 fully saturated rings. The van der Waals surface area contributed by atoms with Crippen LogP contribution in [0, 0.1) is 5.82 Å². The molecule has 0 aliphatic rings. The Labute approximate surface area is 161 Å². The number of para-hydroxylation sites is 1. The Balaban J connectivity index is 1.46. The lowest BCUT2D eigenvalue weighted by molar-refractivity contribution is 0.632. The van der Waals surface area contributed by atoms with Crippen LogP contribution in [0.3, 0.4) is 0 Å². The third-order valence-corrected chi connectivity index (χ3v) is 3.65. The molecule has 0 atom stereocenters. The van der Waals surface area contributed by atoms with E-state index in [1.807, 2.05) is 36.5 Å². The molecule has 2 aromatic carbocycles. The Bertz CT molecular complexity index is 952. The van der Waals surface area contributed by atoms with Gasteiger partial charge in [0.1, 0.15) is 11.5 Å². The molecule has 27 heavy (non-hydrogen) atoms. The second kappa shape index (κ2) is 9.35. The summed E-state index contributed by atoms with van der Waals surface area (Å²) in [6, 6.07) is 16.3. The largest absolute Gasteiger partial charge is 0.329 e. The third kappa shape index (κ3) is 5.82. The first-order chi connectivity index (χ1) is 13.2. The van der Waals surface area contributed by atoms with Crippen molar-refractivity contribution in [1.29, 1.82) is 0 Å². The maximum atomic E-state index is 13.5. The Kier molecular flexibility index (Phi) is 6.37. The average Bonchev–Trinajstić information content (AvgIpc) is 3.11.